The first-order valence-corrected chi connectivity index (χ1v) is 6.36. The van der Waals surface area contributed by atoms with Crippen LogP contribution in [0.5, 0.6) is 0 Å². The molecule has 1 aliphatic rings. The average molecular weight is 265 g/mol. The molecule has 0 unspecified atom stereocenters. The van der Waals surface area contributed by atoms with E-state index in [4.69, 9.17) is 15.2 Å². The zero-order valence-electron chi connectivity index (χ0n) is 11.2. The number of hydrogen-bond donors (Lipinski definition) is 2. The molecule has 2 rings (SSSR count). The smallest absolute Gasteiger partial charge is 0.341 e. The molecule has 0 aromatic carbocycles. The van der Waals surface area contributed by atoms with Crippen molar-refractivity contribution >= 4 is 17.5 Å². The van der Waals surface area contributed by atoms with Crippen molar-refractivity contribution < 1.29 is 14.3 Å². The minimum Gasteiger partial charge on any atom is -0.465 e. The summed E-state index contributed by atoms with van der Waals surface area (Å²) in [7, 11) is 1.34. The van der Waals surface area contributed by atoms with Crippen molar-refractivity contribution in [2.75, 3.05) is 24.8 Å². The fourth-order valence-electron chi connectivity index (χ4n) is 2.11. The van der Waals surface area contributed by atoms with E-state index in [0.29, 0.717) is 23.2 Å². The molecular formula is C13H19N3O3. The van der Waals surface area contributed by atoms with Crippen molar-refractivity contribution in [1.29, 1.82) is 0 Å². The highest BCUT2D eigenvalue weighted by atomic mass is 16.5. The van der Waals surface area contributed by atoms with E-state index in [9.17, 15) is 4.79 Å². The summed E-state index contributed by atoms with van der Waals surface area (Å²) < 4.78 is 10.2. The number of anilines is 2. The van der Waals surface area contributed by atoms with E-state index in [0.717, 1.165) is 19.4 Å². The van der Waals surface area contributed by atoms with Crippen LogP contribution in [0.15, 0.2) is 12.3 Å². The number of esters is 1. The van der Waals surface area contributed by atoms with Crippen molar-refractivity contribution in [3.63, 3.8) is 0 Å². The van der Waals surface area contributed by atoms with E-state index >= 15 is 0 Å². The van der Waals surface area contributed by atoms with Crippen LogP contribution in [0, 0.1) is 0 Å². The number of rotatable bonds is 5. The zero-order chi connectivity index (χ0) is 13.8. The van der Waals surface area contributed by atoms with Crippen molar-refractivity contribution in [1.82, 2.24) is 4.98 Å². The lowest BCUT2D eigenvalue weighted by Crippen LogP contribution is -2.41. The van der Waals surface area contributed by atoms with E-state index in [1.165, 1.54) is 13.3 Å². The number of methoxy groups -OCH3 is 1. The maximum atomic E-state index is 11.7. The Kier molecular flexibility index (Phi) is 4.21. The number of nitrogens with zero attached hydrogens (tertiary/aromatic N) is 1. The Morgan fingerprint density at radius 3 is 2.95 bits per heavy atom. The normalized spacial score (nSPS) is 21.6. The van der Waals surface area contributed by atoms with E-state index in [2.05, 4.69) is 10.3 Å². The van der Waals surface area contributed by atoms with Crippen LogP contribution >= 0.6 is 0 Å². The van der Waals surface area contributed by atoms with Gasteiger partial charge < -0.3 is 20.5 Å². The molecule has 0 spiro atoms. The molecule has 1 aliphatic carbocycles. The molecule has 19 heavy (non-hydrogen) atoms. The number of hydrogen-bond acceptors (Lipinski definition) is 6. The Morgan fingerprint density at radius 1 is 1.58 bits per heavy atom. The number of aromatic nitrogens is 1. The van der Waals surface area contributed by atoms with Gasteiger partial charge in [0.25, 0.3) is 0 Å². The maximum absolute atomic E-state index is 11.7. The van der Waals surface area contributed by atoms with E-state index in [1.807, 2.05) is 6.92 Å². The van der Waals surface area contributed by atoms with Gasteiger partial charge in [-0.3, -0.25) is 0 Å². The van der Waals surface area contributed by atoms with E-state index in [-0.39, 0.29) is 6.04 Å². The highest BCUT2D eigenvalue weighted by Crippen LogP contribution is 2.28. The first-order valence-electron chi connectivity index (χ1n) is 6.36. The number of pyridine rings is 1. The minimum absolute atomic E-state index is 0.274. The molecule has 1 fully saturated rings. The van der Waals surface area contributed by atoms with Gasteiger partial charge in [-0.1, -0.05) is 0 Å². The van der Waals surface area contributed by atoms with Gasteiger partial charge in [-0.15, -0.1) is 0 Å². The molecule has 3 N–H and O–H groups in total. The number of carbonyl (C=O) groups excluding carboxylic acids is 1. The Bertz CT molecular complexity index is 458. The van der Waals surface area contributed by atoms with Crippen molar-refractivity contribution in [2.45, 2.75) is 31.9 Å². The number of nitrogens with two attached hydrogens (primary N) is 1. The second-order valence-corrected chi connectivity index (χ2v) is 4.55. The lowest BCUT2D eigenvalue weighted by atomic mass is 9.89. The molecule has 1 saturated carbocycles. The van der Waals surface area contributed by atoms with Crippen LogP contribution in [0.2, 0.25) is 0 Å². The standard InChI is InChI=1S/C13H19N3O3/c1-3-19-10-5-9(6-10)16-12-11(13(17)18-2)4-8(14)7-15-12/h4,7,9-10H,3,5-6,14H2,1-2H3,(H,15,16). The van der Waals surface area contributed by atoms with E-state index in [1.54, 1.807) is 6.07 Å². The molecule has 0 radical (unpaired) electrons. The van der Waals surface area contributed by atoms with Crippen LogP contribution in [0.3, 0.4) is 0 Å². The summed E-state index contributed by atoms with van der Waals surface area (Å²) in [5.74, 6) is 0.0731. The summed E-state index contributed by atoms with van der Waals surface area (Å²) in [5, 5.41) is 3.23. The quantitative estimate of drug-likeness (QED) is 0.783. The largest absolute Gasteiger partial charge is 0.465 e. The highest BCUT2D eigenvalue weighted by molar-refractivity contribution is 5.95. The monoisotopic (exact) mass is 265 g/mol. The Labute approximate surface area is 112 Å². The van der Waals surface area contributed by atoms with E-state index < -0.39 is 5.97 Å². The summed E-state index contributed by atoms with van der Waals surface area (Å²) in [5.41, 5.74) is 6.44. The summed E-state index contributed by atoms with van der Waals surface area (Å²) in [6.07, 6.45) is 3.66. The topological polar surface area (TPSA) is 86.5 Å². The van der Waals surface area contributed by atoms with Gasteiger partial charge in [-0.2, -0.15) is 0 Å². The van der Waals surface area contributed by atoms with Crippen LogP contribution in [0.25, 0.3) is 0 Å². The Morgan fingerprint density at radius 2 is 2.32 bits per heavy atom. The Balaban J connectivity index is 2.02. The number of nitrogens with one attached hydrogen (secondary N) is 1. The molecule has 0 atom stereocenters. The maximum Gasteiger partial charge on any atom is 0.341 e. The molecule has 104 valence electrons. The first-order chi connectivity index (χ1) is 9.13. The summed E-state index contributed by atoms with van der Waals surface area (Å²) >= 11 is 0. The third kappa shape index (κ3) is 3.14. The van der Waals surface area contributed by atoms with Gasteiger partial charge in [0.1, 0.15) is 11.4 Å². The molecular weight excluding hydrogens is 246 g/mol. The van der Waals surface area contributed by atoms with Crippen molar-refractivity contribution in [2.24, 2.45) is 0 Å². The van der Waals surface area contributed by atoms with Crippen molar-refractivity contribution in [3.8, 4) is 0 Å². The van der Waals surface area contributed by atoms with Crippen LogP contribution < -0.4 is 11.1 Å². The SMILES string of the molecule is CCOC1CC(Nc2ncc(N)cc2C(=O)OC)C1. The molecule has 1 heterocycles. The second kappa shape index (κ2) is 5.88. The van der Waals surface area contributed by atoms with Gasteiger partial charge in [0, 0.05) is 12.6 Å². The average Bonchev–Trinajstić information content (AvgIpc) is 2.37. The van der Waals surface area contributed by atoms with Crippen LogP contribution in [-0.2, 0) is 9.47 Å². The van der Waals surface area contributed by atoms with Crippen LogP contribution in [0.4, 0.5) is 11.5 Å². The first kappa shape index (κ1) is 13.6. The zero-order valence-corrected chi connectivity index (χ0v) is 11.2. The summed E-state index contributed by atoms with van der Waals surface area (Å²) in [6, 6.07) is 1.84. The van der Waals surface area contributed by atoms with Crippen molar-refractivity contribution in [3.05, 3.63) is 17.8 Å². The number of nitrogen functional groups attached to an aromatic ring is 1. The third-order valence-corrected chi connectivity index (χ3v) is 3.15. The molecule has 0 bridgehead atoms. The molecule has 0 aliphatic heterocycles. The minimum atomic E-state index is -0.442. The van der Waals surface area contributed by atoms with Gasteiger partial charge in [-0.25, -0.2) is 9.78 Å². The molecule has 0 amide bonds. The van der Waals surface area contributed by atoms with Gasteiger partial charge in [0.2, 0.25) is 0 Å². The lowest BCUT2D eigenvalue weighted by Gasteiger charge is -2.35. The number of carbonyl (C=O) groups is 1. The predicted molar refractivity (Wildman–Crippen MR) is 72.0 cm³/mol. The van der Waals surface area contributed by atoms with Gasteiger partial charge in [0.15, 0.2) is 0 Å². The van der Waals surface area contributed by atoms with Crippen LogP contribution in [-0.4, -0.2) is 36.8 Å². The van der Waals surface area contributed by atoms with Crippen LogP contribution in [0.1, 0.15) is 30.1 Å². The molecule has 0 saturated heterocycles. The molecule has 6 heteroatoms. The lowest BCUT2D eigenvalue weighted by molar-refractivity contribution is 0.00291. The fourth-order valence-corrected chi connectivity index (χ4v) is 2.11. The summed E-state index contributed by atoms with van der Waals surface area (Å²) in [4.78, 5) is 15.8. The predicted octanol–water partition coefficient (Wildman–Crippen LogP) is 1.43. The highest BCUT2D eigenvalue weighted by Gasteiger charge is 2.30. The second-order valence-electron chi connectivity index (χ2n) is 4.55. The number of ether oxygens (including phenoxy) is 2. The summed E-state index contributed by atoms with van der Waals surface area (Å²) in [6.45, 7) is 2.71. The Hall–Kier alpha value is -1.82. The third-order valence-electron chi connectivity index (χ3n) is 3.15. The van der Waals surface area contributed by atoms with Gasteiger partial charge >= 0.3 is 5.97 Å². The fraction of sp³-hybridized carbons (Fsp3) is 0.538. The molecule has 1 aromatic rings. The molecule has 6 nitrogen and oxygen atoms in total. The van der Waals surface area contributed by atoms with Gasteiger partial charge in [-0.05, 0) is 25.8 Å². The van der Waals surface area contributed by atoms with Gasteiger partial charge in [0.05, 0.1) is 25.1 Å². The molecule has 1 aromatic heterocycles.